The Morgan fingerprint density at radius 3 is 2.88 bits per heavy atom. The summed E-state index contributed by atoms with van der Waals surface area (Å²) < 4.78 is 0. The number of nitrogens with one attached hydrogen (secondary N) is 2. The van der Waals surface area contributed by atoms with Crippen LogP contribution in [0.4, 0.5) is 11.4 Å². The fourth-order valence-corrected chi connectivity index (χ4v) is 1.53. The molecule has 0 radical (unpaired) electrons. The first-order chi connectivity index (χ1) is 8.18. The molecule has 0 saturated heterocycles. The highest BCUT2D eigenvalue weighted by Crippen LogP contribution is 2.23. The summed E-state index contributed by atoms with van der Waals surface area (Å²) in [6, 6.07) is 6.57. The minimum absolute atomic E-state index is 0.0775. The Bertz CT molecular complexity index is 536. The third kappa shape index (κ3) is 2.41. The zero-order valence-corrected chi connectivity index (χ0v) is 9.30. The number of hydrogen-bond acceptors (Lipinski definition) is 4. The van der Waals surface area contributed by atoms with Gasteiger partial charge in [-0.05, 0) is 13.0 Å². The largest absolute Gasteiger partial charge is 0.375 e. The van der Waals surface area contributed by atoms with Gasteiger partial charge in [-0.25, -0.2) is 0 Å². The van der Waals surface area contributed by atoms with Gasteiger partial charge in [-0.3, -0.25) is 15.2 Å². The van der Waals surface area contributed by atoms with Gasteiger partial charge in [-0.15, -0.1) is 0 Å². The zero-order valence-electron chi connectivity index (χ0n) is 9.30. The summed E-state index contributed by atoms with van der Waals surface area (Å²) in [5, 5.41) is 20.5. The molecular formula is C11H12N4O2. The molecule has 2 aromatic rings. The van der Waals surface area contributed by atoms with E-state index in [1.165, 1.54) is 6.07 Å². The molecule has 2 N–H and O–H groups in total. The molecule has 0 unspecified atom stereocenters. The van der Waals surface area contributed by atoms with Gasteiger partial charge in [0.15, 0.2) is 0 Å². The fraction of sp³-hybridized carbons (Fsp3) is 0.182. The minimum atomic E-state index is -0.398. The molecule has 0 spiro atoms. The molecule has 0 fully saturated rings. The van der Waals surface area contributed by atoms with E-state index in [-0.39, 0.29) is 5.69 Å². The fourth-order valence-electron chi connectivity index (χ4n) is 1.53. The van der Waals surface area contributed by atoms with Gasteiger partial charge in [-0.2, -0.15) is 5.10 Å². The van der Waals surface area contributed by atoms with E-state index in [1.807, 2.05) is 6.92 Å². The van der Waals surface area contributed by atoms with Crippen LogP contribution in [0.5, 0.6) is 0 Å². The molecule has 0 aliphatic carbocycles. The van der Waals surface area contributed by atoms with Gasteiger partial charge in [0.05, 0.1) is 11.1 Å². The van der Waals surface area contributed by atoms with Crippen molar-refractivity contribution >= 4 is 11.4 Å². The molecule has 0 aliphatic rings. The molecule has 2 rings (SSSR count). The van der Waals surface area contributed by atoms with Crippen LogP contribution in [0.1, 0.15) is 11.3 Å². The van der Waals surface area contributed by atoms with Crippen molar-refractivity contribution in [2.75, 3.05) is 5.32 Å². The van der Waals surface area contributed by atoms with Crippen molar-refractivity contribution in [2.45, 2.75) is 13.5 Å². The average molecular weight is 232 g/mol. The zero-order chi connectivity index (χ0) is 12.3. The summed E-state index contributed by atoms with van der Waals surface area (Å²) >= 11 is 0. The van der Waals surface area contributed by atoms with E-state index in [0.717, 1.165) is 11.3 Å². The predicted octanol–water partition coefficient (Wildman–Crippen LogP) is 2.24. The third-order valence-electron chi connectivity index (χ3n) is 2.50. The summed E-state index contributed by atoms with van der Waals surface area (Å²) in [6.07, 6.45) is 1.71. The van der Waals surface area contributed by atoms with Crippen LogP contribution in [0.15, 0.2) is 30.5 Å². The third-order valence-corrected chi connectivity index (χ3v) is 2.50. The lowest BCUT2D eigenvalue weighted by Gasteiger charge is -2.05. The molecule has 6 nitrogen and oxygen atoms in total. The first-order valence-electron chi connectivity index (χ1n) is 5.14. The van der Waals surface area contributed by atoms with E-state index in [1.54, 1.807) is 24.4 Å². The molecule has 0 amide bonds. The van der Waals surface area contributed by atoms with Gasteiger partial charge in [-0.1, -0.05) is 12.1 Å². The maximum atomic E-state index is 10.8. The lowest BCUT2D eigenvalue weighted by Crippen LogP contribution is -2.02. The molecule has 0 aliphatic heterocycles. The van der Waals surface area contributed by atoms with E-state index in [9.17, 15) is 10.1 Å². The lowest BCUT2D eigenvalue weighted by molar-refractivity contribution is -0.384. The molecular weight excluding hydrogens is 220 g/mol. The normalized spacial score (nSPS) is 10.2. The molecule has 0 bridgehead atoms. The van der Waals surface area contributed by atoms with Gasteiger partial charge in [0.2, 0.25) is 0 Å². The molecule has 1 heterocycles. The topological polar surface area (TPSA) is 83.8 Å². The molecule has 1 aromatic heterocycles. The predicted molar refractivity (Wildman–Crippen MR) is 63.7 cm³/mol. The number of rotatable bonds is 4. The number of H-pyrrole nitrogens is 1. The van der Waals surface area contributed by atoms with Gasteiger partial charge in [0, 0.05) is 23.9 Å². The first kappa shape index (κ1) is 11.1. The van der Waals surface area contributed by atoms with Crippen LogP contribution in [0.2, 0.25) is 0 Å². The Hall–Kier alpha value is -2.37. The molecule has 88 valence electrons. The van der Waals surface area contributed by atoms with Crippen molar-refractivity contribution in [3.8, 4) is 0 Å². The summed E-state index contributed by atoms with van der Waals surface area (Å²) in [4.78, 5) is 10.4. The standard InChI is InChI=1S/C11H12N4O2/c1-8-9(7-13-14-8)6-12-10-4-2-3-5-11(10)15(16)17/h2-5,7,12H,6H2,1H3,(H,13,14). The Kier molecular flexibility index (Phi) is 3.04. The summed E-state index contributed by atoms with van der Waals surface area (Å²) in [6.45, 7) is 2.41. The Morgan fingerprint density at radius 1 is 1.47 bits per heavy atom. The highest BCUT2D eigenvalue weighted by molar-refractivity contribution is 5.61. The monoisotopic (exact) mass is 232 g/mol. The van der Waals surface area contributed by atoms with Crippen LogP contribution in [0, 0.1) is 17.0 Å². The number of nitro groups is 1. The Morgan fingerprint density at radius 2 is 2.24 bits per heavy atom. The maximum Gasteiger partial charge on any atom is 0.292 e. The summed E-state index contributed by atoms with van der Waals surface area (Å²) in [5.41, 5.74) is 2.53. The number of hydrogen-bond donors (Lipinski definition) is 2. The van der Waals surface area contributed by atoms with Gasteiger partial charge >= 0.3 is 0 Å². The number of para-hydroxylation sites is 2. The SMILES string of the molecule is Cc1[nH]ncc1CNc1ccccc1[N+](=O)[O-]. The number of aromatic amines is 1. The second-order valence-electron chi connectivity index (χ2n) is 3.65. The smallest absolute Gasteiger partial charge is 0.292 e. The number of benzene rings is 1. The molecule has 0 atom stereocenters. The highest BCUT2D eigenvalue weighted by Gasteiger charge is 2.12. The first-order valence-corrected chi connectivity index (χ1v) is 5.14. The van der Waals surface area contributed by atoms with Crippen molar-refractivity contribution in [2.24, 2.45) is 0 Å². The highest BCUT2D eigenvalue weighted by atomic mass is 16.6. The van der Waals surface area contributed by atoms with Crippen molar-refractivity contribution in [3.05, 3.63) is 51.8 Å². The maximum absolute atomic E-state index is 10.8. The second-order valence-corrected chi connectivity index (χ2v) is 3.65. The van der Waals surface area contributed by atoms with Gasteiger partial charge in [0.25, 0.3) is 5.69 Å². The van der Waals surface area contributed by atoms with Crippen molar-refractivity contribution in [1.29, 1.82) is 0 Å². The van der Waals surface area contributed by atoms with Crippen LogP contribution < -0.4 is 5.32 Å². The number of aryl methyl sites for hydroxylation is 1. The van der Waals surface area contributed by atoms with Gasteiger partial charge < -0.3 is 5.32 Å². The van der Waals surface area contributed by atoms with Crippen LogP contribution in [-0.4, -0.2) is 15.1 Å². The van der Waals surface area contributed by atoms with E-state index >= 15 is 0 Å². The second kappa shape index (κ2) is 4.65. The van der Waals surface area contributed by atoms with Crippen molar-refractivity contribution < 1.29 is 4.92 Å². The number of nitro benzene ring substituents is 1. The Balaban J connectivity index is 2.14. The number of nitrogens with zero attached hydrogens (tertiary/aromatic N) is 2. The van der Waals surface area contributed by atoms with Crippen LogP contribution in [0.25, 0.3) is 0 Å². The van der Waals surface area contributed by atoms with E-state index in [4.69, 9.17) is 0 Å². The lowest BCUT2D eigenvalue weighted by atomic mass is 10.2. The average Bonchev–Trinajstić information content (AvgIpc) is 2.72. The van der Waals surface area contributed by atoms with Crippen molar-refractivity contribution in [1.82, 2.24) is 10.2 Å². The minimum Gasteiger partial charge on any atom is -0.375 e. The summed E-state index contributed by atoms with van der Waals surface area (Å²) in [7, 11) is 0. The van der Waals surface area contributed by atoms with Crippen LogP contribution >= 0.6 is 0 Å². The van der Waals surface area contributed by atoms with E-state index < -0.39 is 4.92 Å². The molecule has 6 heteroatoms. The van der Waals surface area contributed by atoms with E-state index in [0.29, 0.717) is 12.2 Å². The number of anilines is 1. The number of aromatic nitrogens is 2. The quantitative estimate of drug-likeness (QED) is 0.625. The van der Waals surface area contributed by atoms with Gasteiger partial charge in [0.1, 0.15) is 5.69 Å². The molecule has 17 heavy (non-hydrogen) atoms. The van der Waals surface area contributed by atoms with E-state index in [2.05, 4.69) is 15.5 Å². The molecule has 1 aromatic carbocycles. The van der Waals surface area contributed by atoms with Crippen molar-refractivity contribution in [3.63, 3.8) is 0 Å². The van der Waals surface area contributed by atoms with Crippen LogP contribution in [-0.2, 0) is 6.54 Å². The Labute approximate surface area is 97.8 Å². The molecule has 0 saturated carbocycles. The summed E-state index contributed by atoms with van der Waals surface area (Å²) in [5.74, 6) is 0. The van der Waals surface area contributed by atoms with Crippen LogP contribution in [0.3, 0.4) is 0 Å².